The number of aromatic nitrogens is 1. The zero-order valence-electron chi connectivity index (χ0n) is 17.1. The van der Waals surface area contributed by atoms with Crippen LogP contribution < -0.4 is 19.5 Å². The Balaban J connectivity index is 1.48. The molecule has 0 aliphatic carbocycles. The van der Waals surface area contributed by atoms with E-state index in [1.807, 2.05) is 53.9 Å². The van der Waals surface area contributed by atoms with E-state index < -0.39 is 6.10 Å². The summed E-state index contributed by atoms with van der Waals surface area (Å²) in [5.74, 6) is 3.52. The molecule has 0 bridgehead atoms. The highest BCUT2D eigenvalue weighted by Gasteiger charge is 2.16. The Morgan fingerprint density at radius 3 is 2.43 bits per heavy atom. The largest absolute Gasteiger partial charge is 0.497 e. The van der Waals surface area contributed by atoms with E-state index in [9.17, 15) is 4.79 Å². The number of thioether (sulfide) groups is 1. The predicted molar refractivity (Wildman–Crippen MR) is 122 cm³/mol. The summed E-state index contributed by atoms with van der Waals surface area (Å²) in [6.45, 7) is 1.72. The Morgan fingerprint density at radius 1 is 1.07 bits per heavy atom. The number of ether oxygens (including phenoxy) is 3. The van der Waals surface area contributed by atoms with Gasteiger partial charge in [0.05, 0.1) is 19.9 Å². The van der Waals surface area contributed by atoms with Gasteiger partial charge in [0, 0.05) is 23.0 Å². The third-order valence-corrected chi connectivity index (χ3v) is 5.98. The van der Waals surface area contributed by atoms with Gasteiger partial charge in [0.15, 0.2) is 11.2 Å². The molecule has 1 atom stereocenters. The predicted octanol–water partition coefficient (Wildman–Crippen LogP) is 5.00. The number of hydrogen-bond acceptors (Lipinski definition) is 7. The maximum atomic E-state index is 12.3. The van der Waals surface area contributed by atoms with Gasteiger partial charge in [-0.2, -0.15) is 11.8 Å². The normalized spacial score (nSPS) is 11.6. The van der Waals surface area contributed by atoms with E-state index in [2.05, 4.69) is 10.3 Å². The lowest BCUT2D eigenvalue weighted by atomic mass is 10.2. The van der Waals surface area contributed by atoms with Gasteiger partial charge in [-0.1, -0.05) is 18.2 Å². The van der Waals surface area contributed by atoms with Gasteiger partial charge < -0.3 is 14.2 Å². The van der Waals surface area contributed by atoms with Gasteiger partial charge in [-0.3, -0.25) is 10.1 Å². The van der Waals surface area contributed by atoms with Gasteiger partial charge in [-0.15, -0.1) is 11.3 Å². The van der Waals surface area contributed by atoms with E-state index in [-0.39, 0.29) is 5.91 Å². The fraction of sp³-hybridized carbons (Fsp3) is 0.273. The first-order chi connectivity index (χ1) is 14.6. The van der Waals surface area contributed by atoms with Crippen LogP contribution in [0.4, 0.5) is 5.13 Å². The summed E-state index contributed by atoms with van der Waals surface area (Å²) in [6.07, 6.45) is -0.614. The first-order valence-electron chi connectivity index (χ1n) is 9.34. The molecule has 1 N–H and O–H groups in total. The molecule has 0 radical (unpaired) electrons. The molecule has 0 aliphatic rings. The maximum Gasteiger partial charge on any atom is 0.266 e. The lowest BCUT2D eigenvalue weighted by Gasteiger charge is -2.13. The van der Waals surface area contributed by atoms with Crippen molar-refractivity contribution >= 4 is 34.1 Å². The molecule has 0 spiro atoms. The number of anilines is 1. The van der Waals surface area contributed by atoms with Crippen molar-refractivity contribution in [2.75, 3.05) is 19.5 Å². The van der Waals surface area contributed by atoms with Crippen LogP contribution in [-0.4, -0.2) is 31.2 Å². The molecule has 3 rings (SSSR count). The van der Waals surface area contributed by atoms with Crippen LogP contribution in [0.3, 0.4) is 0 Å². The molecule has 1 amide bonds. The number of nitrogens with zero attached hydrogens (tertiary/aromatic N) is 1. The summed E-state index contributed by atoms with van der Waals surface area (Å²) >= 11 is 3.14. The molecule has 0 aliphatic heterocycles. The molecule has 1 aromatic heterocycles. The molecular formula is C22H24N2O4S2. The molecule has 3 aromatic rings. The van der Waals surface area contributed by atoms with Crippen LogP contribution in [0.2, 0.25) is 0 Å². The molecule has 30 heavy (non-hydrogen) atoms. The summed E-state index contributed by atoms with van der Waals surface area (Å²) in [4.78, 5) is 16.8. The van der Waals surface area contributed by atoms with E-state index in [0.717, 1.165) is 34.3 Å². The SMILES string of the molecule is COc1cc(CSCc2csc(NC(=O)[C@H](C)Oc3ccccc3)n2)cc(OC)c1. The van der Waals surface area contributed by atoms with Gasteiger partial charge in [0.2, 0.25) is 0 Å². The molecule has 0 saturated carbocycles. The van der Waals surface area contributed by atoms with Crippen molar-refractivity contribution in [3.8, 4) is 17.2 Å². The van der Waals surface area contributed by atoms with Gasteiger partial charge in [0.25, 0.3) is 5.91 Å². The highest BCUT2D eigenvalue weighted by atomic mass is 32.2. The number of carbonyl (C=O) groups is 1. The number of carbonyl (C=O) groups excluding carboxylic acids is 1. The average molecular weight is 445 g/mol. The van der Waals surface area contributed by atoms with E-state index >= 15 is 0 Å². The number of hydrogen-bond donors (Lipinski definition) is 1. The molecule has 0 fully saturated rings. The summed E-state index contributed by atoms with van der Waals surface area (Å²) in [5.41, 5.74) is 2.04. The van der Waals surface area contributed by atoms with Crippen molar-refractivity contribution in [2.24, 2.45) is 0 Å². The molecule has 1 heterocycles. The number of rotatable bonds is 10. The third kappa shape index (κ3) is 6.40. The van der Waals surface area contributed by atoms with Crippen molar-refractivity contribution in [1.29, 1.82) is 0 Å². The number of benzene rings is 2. The van der Waals surface area contributed by atoms with Crippen molar-refractivity contribution in [1.82, 2.24) is 4.98 Å². The van der Waals surface area contributed by atoms with Crippen molar-refractivity contribution in [3.05, 3.63) is 65.2 Å². The van der Waals surface area contributed by atoms with Crippen LogP contribution in [0, 0.1) is 0 Å². The highest BCUT2D eigenvalue weighted by Crippen LogP contribution is 2.27. The van der Waals surface area contributed by atoms with Gasteiger partial charge in [-0.25, -0.2) is 4.98 Å². The second-order valence-corrected chi connectivity index (χ2v) is 8.26. The van der Waals surface area contributed by atoms with Crippen LogP contribution in [0.5, 0.6) is 17.2 Å². The van der Waals surface area contributed by atoms with Crippen LogP contribution >= 0.6 is 23.1 Å². The highest BCUT2D eigenvalue weighted by molar-refractivity contribution is 7.97. The summed E-state index contributed by atoms with van der Waals surface area (Å²) in [6, 6.07) is 15.1. The van der Waals surface area contributed by atoms with Crippen molar-refractivity contribution in [2.45, 2.75) is 24.5 Å². The number of methoxy groups -OCH3 is 2. The smallest absolute Gasteiger partial charge is 0.266 e. The lowest BCUT2D eigenvalue weighted by Crippen LogP contribution is -2.30. The zero-order valence-corrected chi connectivity index (χ0v) is 18.7. The topological polar surface area (TPSA) is 69.7 Å². The van der Waals surface area contributed by atoms with Crippen molar-refractivity contribution in [3.63, 3.8) is 0 Å². The van der Waals surface area contributed by atoms with Gasteiger partial charge in [0.1, 0.15) is 17.2 Å². The summed E-state index contributed by atoms with van der Waals surface area (Å²) in [5, 5.41) is 5.35. The lowest BCUT2D eigenvalue weighted by molar-refractivity contribution is -0.122. The van der Waals surface area contributed by atoms with Crippen molar-refractivity contribution < 1.29 is 19.0 Å². The summed E-state index contributed by atoms with van der Waals surface area (Å²) in [7, 11) is 3.28. The standard InChI is InChI=1S/C22H24N2O4S2/c1-15(28-18-7-5-4-6-8-18)21(25)24-22-23-17(14-30-22)13-29-12-16-9-19(26-2)11-20(10-16)27-3/h4-11,14-15H,12-13H2,1-3H3,(H,23,24,25)/t15-/m0/s1. The number of nitrogens with one attached hydrogen (secondary N) is 1. The van der Waals surface area contributed by atoms with E-state index in [0.29, 0.717) is 10.9 Å². The second-order valence-electron chi connectivity index (χ2n) is 6.42. The third-order valence-electron chi connectivity index (χ3n) is 4.14. The minimum Gasteiger partial charge on any atom is -0.497 e. The Bertz CT molecular complexity index is 941. The van der Waals surface area contributed by atoms with E-state index in [1.165, 1.54) is 11.3 Å². The van der Waals surface area contributed by atoms with E-state index in [1.54, 1.807) is 32.9 Å². The molecule has 2 aromatic carbocycles. The maximum absolute atomic E-state index is 12.3. The number of thiazole rings is 1. The minimum absolute atomic E-state index is 0.226. The van der Waals surface area contributed by atoms with Crippen LogP contribution in [0.1, 0.15) is 18.2 Å². The Kier molecular flexibility index (Phi) is 7.98. The molecule has 6 nitrogen and oxygen atoms in total. The number of para-hydroxylation sites is 1. The molecule has 8 heteroatoms. The molecule has 0 unspecified atom stereocenters. The van der Waals surface area contributed by atoms with E-state index in [4.69, 9.17) is 14.2 Å². The minimum atomic E-state index is -0.614. The summed E-state index contributed by atoms with van der Waals surface area (Å²) < 4.78 is 16.3. The average Bonchev–Trinajstić information content (AvgIpc) is 3.21. The quantitative estimate of drug-likeness (QED) is 0.475. The second kappa shape index (κ2) is 10.9. The Morgan fingerprint density at radius 2 is 1.77 bits per heavy atom. The van der Waals surface area contributed by atoms with Gasteiger partial charge in [-0.05, 0) is 36.8 Å². The number of amides is 1. The Hall–Kier alpha value is -2.71. The monoisotopic (exact) mass is 444 g/mol. The van der Waals surface area contributed by atoms with Crippen LogP contribution in [0.25, 0.3) is 0 Å². The molecular weight excluding hydrogens is 420 g/mol. The van der Waals surface area contributed by atoms with Crippen LogP contribution in [-0.2, 0) is 16.3 Å². The molecule has 0 saturated heterocycles. The zero-order chi connectivity index (χ0) is 21.3. The fourth-order valence-electron chi connectivity index (χ4n) is 2.62. The first kappa shape index (κ1) is 22.0. The van der Waals surface area contributed by atoms with Crippen LogP contribution in [0.15, 0.2) is 53.9 Å². The van der Waals surface area contributed by atoms with Gasteiger partial charge >= 0.3 is 0 Å². The Labute approximate surface area is 184 Å². The fourth-order valence-corrected chi connectivity index (χ4v) is 4.30. The molecule has 158 valence electrons. The first-order valence-corrected chi connectivity index (χ1v) is 11.4.